The Labute approximate surface area is 178 Å². The summed E-state index contributed by atoms with van der Waals surface area (Å²) in [4.78, 5) is 12.2. The molecule has 6 heteroatoms. The van der Waals surface area contributed by atoms with Crippen LogP contribution in [-0.4, -0.2) is 12.5 Å². The molecule has 3 aromatic carbocycles. The summed E-state index contributed by atoms with van der Waals surface area (Å²) in [5.41, 5.74) is 3.78. The van der Waals surface area contributed by atoms with E-state index in [1.165, 1.54) is 12.1 Å². The summed E-state index contributed by atoms with van der Waals surface area (Å²) in [5, 5.41) is 6.13. The van der Waals surface area contributed by atoms with E-state index >= 15 is 0 Å². The third-order valence-corrected chi connectivity index (χ3v) is 4.77. The van der Waals surface area contributed by atoms with Crippen LogP contribution in [0.1, 0.15) is 16.7 Å². The number of ether oxygens (including phenoxy) is 1. The van der Waals surface area contributed by atoms with Crippen molar-refractivity contribution in [3.8, 4) is 5.75 Å². The van der Waals surface area contributed by atoms with Crippen LogP contribution in [0.2, 0.25) is 0 Å². The monoisotopic (exact) mass is 456 g/mol. The van der Waals surface area contributed by atoms with Crippen molar-refractivity contribution in [3.63, 3.8) is 0 Å². The zero-order valence-corrected chi connectivity index (χ0v) is 17.6. The van der Waals surface area contributed by atoms with Crippen molar-refractivity contribution in [2.45, 2.75) is 20.0 Å². The molecule has 0 spiro atoms. The number of benzene rings is 3. The van der Waals surface area contributed by atoms with Gasteiger partial charge in [0.25, 0.3) is 5.91 Å². The minimum Gasteiger partial charge on any atom is -0.483 e. The van der Waals surface area contributed by atoms with Crippen LogP contribution >= 0.6 is 15.9 Å². The molecule has 4 nitrogen and oxygen atoms in total. The maximum Gasteiger partial charge on any atom is 0.262 e. The van der Waals surface area contributed by atoms with Gasteiger partial charge in [-0.15, -0.1) is 0 Å². The largest absolute Gasteiger partial charge is 0.483 e. The quantitative estimate of drug-likeness (QED) is 0.489. The van der Waals surface area contributed by atoms with E-state index in [1.807, 2.05) is 49.4 Å². The van der Waals surface area contributed by atoms with E-state index in [4.69, 9.17) is 4.74 Å². The van der Waals surface area contributed by atoms with Crippen molar-refractivity contribution < 1.29 is 13.9 Å². The van der Waals surface area contributed by atoms with Gasteiger partial charge in [-0.25, -0.2) is 4.39 Å². The van der Waals surface area contributed by atoms with Gasteiger partial charge in [0, 0.05) is 28.8 Å². The van der Waals surface area contributed by atoms with E-state index in [0.29, 0.717) is 18.8 Å². The fourth-order valence-electron chi connectivity index (χ4n) is 2.75. The smallest absolute Gasteiger partial charge is 0.262 e. The first-order chi connectivity index (χ1) is 14.0. The lowest BCUT2D eigenvalue weighted by Crippen LogP contribution is -2.21. The summed E-state index contributed by atoms with van der Waals surface area (Å²) in [6.45, 7) is 3.06. The zero-order chi connectivity index (χ0) is 20.6. The van der Waals surface area contributed by atoms with Crippen molar-refractivity contribution in [2.24, 2.45) is 0 Å². The van der Waals surface area contributed by atoms with Crippen LogP contribution in [0.3, 0.4) is 0 Å². The number of hydrogen-bond donors (Lipinski definition) is 2. The molecule has 2 N–H and O–H groups in total. The van der Waals surface area contributed by atoms with Crippen LogP contribution < -0.4 is 15.4 Å². The third kappa shape index (κ3) is 6.69. The summed E-state index contributed by atoms with van der Waals surface area (Å²) < 4.78 is 19.7. The normalized spacial score (nSPS) is 10.6. The summed E-state index contributed by atoms with van der Waals surface area (Å²) in [5.74, 6) is 0.168. The van der Waals surface area contributed by atoms with Crippen molar-refractivity contribution >= 4 is 27.5 Å². The molecular formula is C23H22BrFN2O2. The van der Waals surface area contributed by atoms with E-state index in [1.54, 1.807) is 12.1 Å². The maximum absolute atomic E-state index is 13.0. The Balaban J connectivity index is 1.55. The molecule has 150 valence electrons. The van der Waals surface area contributed by atoms with E-state index in [2.05, 4.69) is 26.6 Å². The van der Waals surface area contributed by atoms with Gasteiger partial charge in [0.15, 0.2) is 6.61 Å². The van der Waals surface area contributed by atoms with Gasteiger partial charge in [0.1, 0.15) is 11.6 Å². The van der Waals surface area contributed by atoms with Crippen LogP contribution in [0.4, 0.5) is 10.1 Å². The van der Waals surface area contributed by atoms with Gasteiger partial charge in [0.05, 0.1) is 0 Å². The lowest BCUT2D eigenvalue weighted by Gasteiger charge is -2.13. The lowest BCUT2D eigenvalue weighted by molar-refractivity contribution is -0.118. The Morgan fingerprint density at radius 3 is 2.45 bits per heavy atom. The maximum atomic E-state index is 13.0. The van der Waals surface area contributed by atoms with Crippen LogP contribution in [-0.2, 0) is 17.9 Å². The Bertz CT molecular complexity index is 960. The van der Waals surface area contributed by atoms with E-state index in [-0.39, 0.29) is 18.3 Å². The van der Waals surface area contributed by atoms with Gasteiger partial charge in [-0.1, -0.05) is 45.8 Å². The molecule has 0 aliphatic rings. The lowest BCUT2D eigenvalue weighted by atomic mass is 10.2. The molecule has 3 rings (SSSR count). The van der Waals surface area contributed by atoms with Gasteiger partial charge in [0.2, 0.25) is 0 Å². The Morgan fingerprint density at radius 2 is 1.72 bits per heavy atom. The molecule has 0 aliphatic carbocycles. The molecule has 0 atom stereocenters. The summed E-state index contributed by atoms with van der Waals surface area (Å²) in [6.07, 6.45) is 0. The van der Waals surface area contributed by atoms with E-state index < -0.39 is 0 Å². The zero-order valence-electron chi connectivity index (χ0n) is 16.0. The van der Waals surface area contributed by atoms with Crippen LogP contribution in [0.5, 0.6) is 5.75 Å². The predicted molar refractivity (Wildman–Crippen MR) is 116 cm³/mol. The highest BCUT2D eigenvalue weighted by Crippen LogP contribution is 2.23. The Morgan fingerprint density at radius 1 is 1.00 bits per heavy atom. The number of nitrogens with one attached hydrogen (secondary N) is 2. The summed E-state index contributed by atoms with van der Waals surface area (Å²) in [6, 6.07) is 19.6. The van der Waals surface area contributed by atoms with Gasteiger partial charge >= 0.3 is 0 Å². The fraction of sp³-hybridized carbons (Fsp3) is 0.174. The number of rotatable bonds is 8. The average Bonchev–Trinajstić information content (AvgIpc) is 2.70. The molecule has 0 heterocycles. The molecule has 0 bridgehead atoms. The molecule has 29 heavy (non-hydrogen) atoms. The molecule has 0 radical (unpaired) electrons. The van der Waals surface area contributed by atoms with Crippen LogP contribution in [0.15, 0.2) is 71.2 Å². The van der Waals surface area contributed by atoms with Crippen molar-refractivity contribution in [3.05, 3.63) is 93.7 Å². The van der Waals surface area contributed by atoms with Crippen molar-refractivity contribution in [1.29, 1.82) is 0 Å². The highest BCUT2D eigenvalue weighted by Gasteiger charge is 2.09. The minimum absolute atomic E-state index is 0.0829. The molecule has 0 aliphatic heterocycles. The molecule has 0 unspecified atom stereocenters. The molecular weight excluding hydrogens is 435 g/mol. The van der Waals surface area contributed by atoms with E-state index in [9.17, 15) is 9.18 Å². The van der Waals surface area contributed by atoms with Crippen LogP contribution in [0, 0.1) is 12.7 Å². The number of amides is 1. The number of anilines is 1. The minimum atomic E-state index is -0.250. The first-order valence-corrected chi connectivity index (χ1v) is 10.0. The molecule has 3 aromatic rings. The average molecular weight is 457 g/mol. The Hall–Kier alpha value is -2.70. The van der Waals surface area contributed by atoms with Crippen molar-refractivity contribution in [2.75, 3.05) is 11.9 Å². The Kier molecular flexibility index (Phi) is 7.38. The first-order valence-electron chi connectivity index (χ1n) is 9.22. The van der Waals surface area contributed by atoms with Crippen LogP contribution in [0.25, 0.3) is 0 Å². The van der Waals surface area contributed by atoms with Gasteiger partial charge in [-0.3, -0.25) is 4.79 Å². The van der Waals surface area contributed by atoms with E-state index in [0.717, 1.165) is 26.9 Å². The number of halogens is 2. The third-order valence-electron chi connectivity index (χ3n) is 4.27. The van der Waals surface area contributed by atoms with Gasteiger partial charge in [-0.2, -0.15) is 0 Å². The number of carbonyl (C=O) groups excluding carboxylic acids is 1. The summed E-state index contributed by atoms with van der Waals surface area (Å²) in [7, 11) is 0. The fourth-order valence-corrected chi connectivity index (χ4v) is 3.16. The SMILES string of the molecule is Cc1ccc(NC(=O)COc2ccc(Br)cc2CNCc2ccc(F)cc2)cc1. The molecule has 0 saturated carbocycles. The van der Waals surface area contributed by atoms with Gasteiger partial charge < -0.3 is 15.4 Å². The highest BCUT2D eigenvalue weighted by atomic mass is 79.9. The molecule has 0 saturated heterocycles. The number of hydrogen-bond acceptors (Lipinski definition) is 3. The number of carbonyl (C=O) groups is 1. The highest BCUT2D eigenvalue weighted by molar-refractivity contribution is 9.10. The summed E-state index contributed by atoms with van der Waals surface area (Å²) >= 11 is 3.47. The first kappa shape index (κ1) is 21.0. The second-order valence-electron chi connectivity index (χ2n) is 6.68. The number of aryl methyl sites for hydroxylation is 1. The molecule has 0 aromatic heterocycles. The standard InChI is InChI=1S/C23H22BrFN2O2/c1-16-2-9-21(10-3-16)27-23(28)15-29-22-11-6-19(24)12-18(22)14-26-13-17-4-7-20(25)8-5-17/h2-12,26H,13-15H2,1H3,(H,27,28). The topological polar surface area (TPSA) is 50.4 Å². The second kappa shape index (κ2) is 10.2. The van der Waals surface area contributed by atoms with Gasteiger partial charge in [-0.05, 0) is 55.0 Å². The predicted octanol–water partition coefficient (Wildman–Crippen LogP) is 5.20. The second-order valence-corrected chi connectivity index (χ2v) is 7.60. The molecule has 1 amide bonds. The molecule has 0 fully saturated rings. The van der Waals surface area contributed by atoms with Crippen molar-refractivity contribution in [1.82, 2.24) is 5.32 Å².